The Bertz CT molecular complexity index is 410. The van der Waals surface area contributed by atoms with Crippen molar-refractivity contribution in [1.29, 1.82) is 0 Å². The van der Waals surface area contributed by atoms with Gasteiger partial charge in [-0.05, 0) is 46.0 Å². The van der Waals surface area contributed by atoms with Crippen LogP contribution in [0.15, 0.2) is 22.7 Å². The van der Waals surface area contributed by atoms with Gasteiger partial charge in [0.1, 0.15) is 0 Å². The van der Waals surface area contributed by atoms with Crippen LogP contribution < -0.4 is 5.73 Å². The minimum absolute atomic E-state index is 0.169. The second-order valence-electron chi connectivity index (χ2n) is 5.18. The third-order valence-corrected chi connectivity index (χ3v) is 3.01. The number of rotatable bonds is 3. The van der Waals surface area contributed by atoms with Gasteiger partial charge in [-0.15, -0.1) is 0 Å². The minimum atomic E-state index is -0.310. The van der Waals surface area contributed by atoms with Crippen LogP contribution in [0.2, 0.25) is 0 Å². The van der Waals surface area contributed by atoms with Crippen LogP contribution in [0.5, 0.6) is 0 Å². The van der Waals surface area contributed by atoms with Gasteiger partial charge in [0.05, 0.1) is 12.2 Å². The standard InChI is InChI=1S/C13H18BrNO2/c1-13(2,3)6-7-17-12(16)9-4-5-11(15)10(14)8-9/h4-5,8H,6-7,15H2,1-3H3. The molecule has 1 aromatic carbocycles. The van der Waals surface area contributed by atoms with Crippen molar-refractivity contribution < 1.29 is 9.53 Å². The molecule has 1 aromatic rings. The summed E-state index contributed by atoms with van der Waals surface area (Å²) < 4.78 is 5.91. The number of benzene rings is 1. The summed E-state index contributed by atoms with van der Waals surface area (Å²) in [5.74, 6) is -0.310. The molecule has 2 N–H and O–H groups in total. The number of carbonyl (C=O) groups is 1. The van der Waals surface area contributed by atoms with Crippen molar-refractivity contribution >= 4 is 27.6 Å². The molecule has 0 bridgehead atoms. The Kier molecular flexibility index (Phi) is 4.57. The molecule has 17 heavy (non-hydrogen) atoms. The molecule has 0 heterocycles. The van der Waals surface area contributed by atoms with Crippen molar-refractivity contribution in [2.75, 3.05) is 12.3 Å². The van der Waals surface area contributed by atoms with E-state index in [4.69, 9.17) is 10.5 Å². The number of esters is 1. The molecule has 0 aliphatic heterocycles. The summed E-state index contributed by atoms with van der Waals surface area (Å²) in [6.07, 6.45) is 0.842. The van der Waals surface area contributed by atoms with Crippen LogP contribution in [0, 0.1) is 5.41 Å². The molecule has 0 aromatic heterocycles. The van der Waals surface area contributed by atoms with E-state index < -0.39 is 0 Å². The van der Waals surface area contributed by atoms with Crippen molar-refractivity contribution in [1.82, 2.24) is 0 Å². The van der Waals surface area contributed by atoms with Gasteiger partial charge in [0.2, 0.25) is 0 Å². The van der Waals surface area contributed by atoms with Gasteiger partial charge in [0.15, 0.2) is 0 Å². The summed E-state index contributed by atoms with van der Waals surface area (Å²) in [5, 5.41) is 0. The van der Waals surface area contributed by atoms with Crippen LogP contribution in [0.1, 0.15) is 37.6 Å². The van der Waals surface area contributed by atoms with Crippen LogP contribution >= 0.6 is 15.9 Å². The highest BCUT2D eigenvalue weighted by Gasteiger charge is 2.13. The van der Waals surface area contributed by atoms with Gasteiger partial charge in [-0.25, -0.2) is 4.79 Å². The largest absolute Gasteiger partial charge is 0.462 e. The van der Waals surface area contributed by atoms with Crippen LogP contribution in [-0.4, -0.2) is 12.6 Å². The molecule has 0 radical (unpaired) electrons. The zero-order valence-electron chi connectivity index (χ0n) is 10.4. The van der Waals surface area contributed by atoms with Crippen molar-refractivity contribution in [3.05, 3.63) is 28.2 Å². The zero-order valence-corrected chi connectivity index (χ0v) is 12.0. The molecule has 0 aliphatic carbocycles. The van der Waals surface area contributed by atoms with Crippen molar-refractivity contribution in [2.24, 2.45) is 5.41 Å². The Labute approximate surface area is 110 Å². The first-order valence-corrected chi connectivity index (χ1v) is 6.31. The maximum Gasteiger partial charge on any atom is 0.338 e. The minimum Gasteiger partial charge on any atom is -0.462 e. The lowest BCUT2D eigenvalue weighted by Crippen LogP contribution is -2.13. The Morgan fingerprint density at radius 2 is 2.06 bits per heavy atom. The number of nitrogen functional groups attached to an aromatic ring is 1. The summed E-state index contributed by atoms with van der Waals surface area (Å²) >= 11 is 3.28. The van der Waals surface area contributed by atoms with E-state index in [1.165, 1.54) is 0 Å². The Morgan fingerprint density at radius 3 is 2.59 bits per heavy atom. The lowest BCUT2D eigenvalue weighted by Gasteiger charge is -2.17. The first-order chi connectivity index (χ1) is 7.79. The molecule has 0 spiro atoms. The monoisotopic (exact) mass is 299 g/mol. The lowest BCUT2D eigenvalue weighted by molar-refractivity contribution is 0.0465. The van der Waals surface area contributed by atoms with E-state index in [0.717, 1.165) is 6.42 Å². The van der Waals surface area contributed by atoms with E-state index in [0.29, 0.717) is 22.3 Å². The van der Waals surface area contributed by atoms with Gasteiger partial charge >= 0.3 is 5.97 Å². The fourth-order valence-electron chi connectivity index (χ4n) is 1.19. The smallest absolute Gasteiger partial charge is 0.338 e. The molecule has 0 atom stereocenters. The molecule has 0 aliphatic rings. The highest BCUT2D eigenvalue weighted by Crippen LogP contribution is 2.22. The SMILES string of the molecule is CC(C)(C)CCOC(=O)c1ccc(N)c(Br)c1. The second-order valence-corrected chi connectivity index (χ2v) is 6.04. The van der Waals surface area contributed by atoms with Crippen LogP contribution in [0.25, 0.3) is 0 Å². The number of hydrogen-bond acceptors (Lipinski definition) is 3. The van der Waals surface area contributed by atoms with Gasteiger partial charge in [-0.1, -0.05) is 20.8 Å². The van der Waals surface area contributed by atoms with Crippen LogP contribution in [0.3, 0.4) is 0 Å². The van der Waals surface area contributed by atoms with Gasteiger partial charge < -0.3 is 10.5 Å². The molecular weight excluding hydrogens is 282 g/mol. The maximum absolute atomic E-state index is 11.7. The average molecular weight is 300 g/mol. The van der Waals surface area contributed by atoms with Crippen molar-refractivity contribution in [3.8, 4) is 0 Å². The molecule has 3 nitrogen and oxygen atoms in total. The molecule has 94 valence electrons. The summed E-state index contributed by atoms with van der Waals surface area (Å²) in [6.45, 7) is 6.77. The summed E-state index contributed by atoms with van der Waals surface area (Å²) in [6, 6.07) is 5.03. The summed E-state index contributed by atoms with van der Waals surface area (Å²) in [7, 11) is 0. The van der Waals surface area contributed by atoms with E-state index in [1.54, 1.807) is 18.2 Å². The number of ether oxygens (including phenoxy) is 1. The quantitative estimate of drug-likeness (QED) is 0.685. The highest BCUT2D eigenvalue weighted by atomic mass is 79.9. The Balaban J connectivity index is 2.56. The Morgan fingerprint density at radius 1 is 1.41 bits per heavy atom. The number of hydrogen-bond donors (Lipinski definition) is 1. The average Bonchev–Trinajstić information content (AvgIpc) is 2.20. The van der Waals surface area contributed by atoms with Gasteiger partial charge in [-0.2, -0.15) is 0 Å². The normalized spacial score (nSPS) is 11.3. The predicted molar refractivity (Wildman–Crippen MR) is 72.9 cm³/mol. The molecule has 4 heteroatoms. The van der Waals surface area contributed by atoms with E-state index >= 15 is 0 Å². The summed E-state index contributed by atoms with van der Waals surface area (Å²) in [5.41, 5.74) is 6.94. The highest BCUT2D eigenvalue weighted by molar-refractivity contribution is 9.10. The number of anilines is 1. The Hall–Kier alpha value is -1.03. The molecule has 0 amide bonds. The third-order valence-electron chi connectivity index (χ3n) is 2.32. The molecule has 0 unspecified atom stereocenters. The van der Waals surface area contributed by atoms with Crippen LogP contribution in [0.4, 0.5) is 5.69 Å². The van der Waals surface area contributed by atoms with E-state index in [-0.39, 0.29) is 11.4 Å². The van der Waals surface area contributed by atoms with Crippen LogP contribution in [-0.2, 0) is 4.74 Å². The van der Waals surface area contributed by atoms with E-state index in [1.807, 2.05) is 0 Å². The summed E-state index contributed by atoms with van der Waals surface area (Å²) in [4.78, 5) is 11.7. The third kappa shape index (κ3) is 4.77. The fourth-order valence-corrected chi connectivity index (χ4v) is 1.57. The zero-order chi connectivity index (χ0) is 13.1. The molecule has 1 rings (SSSR count). The lowest BCUT2D eigenvalue weighted by atomic mass is 9.93. The first kappa shape index (κ1) is 14.0. The molecular formula is C13H18BrNO2. The molecule has 0 saturated carbocycles. The van der Waals surface area contributed by atoms with E-state index in [9.17, 15) is 4.79 Å². The number of carbonyl (C=O) groups excluding carboxylic acids is 1. The van der Waals surface area contributed by atoms with E-state index in [2.05, 4.69) is 36.7 Å². The maximum atomic E-state index is 11.7. The fraction of sp³-hybridized carbons (Fsp3) is 0.462. The predicted octanol–water partition coefficient (Wildman–Crippen LogP) is 3.62. The molecule has 0 saturated heterocycles. The number of halogens is 1. The van der Waals surface area contributed by atoms with Gasteiger partial charge in [-0.3, -0.25) is 0 Å². The van der Waals surface area contributed by atoms with Crippen molar-refractivity contribution in [3.63, 3.8) is 0 Å². The number of nitrogens with two attached hydrogens (primary N) is 1. The van der Waals surface area contributed by atoms with Crippen molar-refractivity contribution in [2.45, 2.75) is 27.2 Å². The topological polar surface area (TPSA) is 52.3 Å². The first-order valence-electron chi connectivity index (χ1n) is 5.52. The molecule has 0 fully saturated rings. The second kappa shape index (κ2) is 5.54. The van der Waals surface area contributed by atoms with Gasteiger partial charge in [0, 0.05) is 10.2 Å². The van der Waals surface area contributed by atoms with Gasteiger partial charge in [0.25, 0.3) is 0 Å².